The molecule has 4 heteroatoms. The van der Waals surface area contributed by atoms with E-state index >= 15 is 0 Å². The molecule has 1 aliphatic heterocycles. The minimum absolute atomic E-state index is 0.686. The van der Waals surface area contributed by atoms with E-state index in [1.54, 1.807) is 18.3 Å². The Kier molecular flexibility index (Phi) is 0.887. The van der Waals surface area contributed by atoms with Gasteiger partial charge in [-0.1, -0.05) is 10.3 Å². The molecule has 0 aromatic heterocycles. The van der Waals surface area contributed by atoms with Crippen molar-refractivity contribution in [3.63, 3.8) is 0 Å². The highest BCUT2D eigenvalue weighted by atomic mass is 16.6. The number of nitrogens with two attached hydrogens (primary N) is 1. The molecule has 0 aromatic carbocycles. The van der Waals surface area contributed by atoms with Crippen molar-refractivity contribution in [3.8, 4) is 11.3 Å². The number of anilines is 1. The fraction of sp³-hybridized carbons (Fsp3) is 0. The number of hydrogen-bond donors (Lipinski definition) is 1. The zero-order valence-corrected chi connectivity index (χ0v) is 5.11. The summed E-state index contributed by atoms with van der Waals surface area (Å²) in [5, 5.41) is 7.12. The lowest BCUT2D eigenvalue weighted by atomic mass is 10.3. The second-order valence-electron chi connectivity index (χ2n) is 2.04. The maximum atomic E-state index is 5.48. The standard InChI is InChI=1S/C6H5N3O/c7-5-1-4-3-8-10-9-6(4)2-5/h1-3H,7H2. The number of nitrogens with zero attached hydrogens (tertiary/aromatic N) is 2. The van der Waals surface area contributed by atoms with Gasteiger partial charge in [-0.25, -0.2) is 4.63 Å². The normalized spacial score (nSPS) is 10.4. The minimum Gasteiger partial charge on any atom is -0.399 e. The van der Waals surface area contributed by atoms with Gasteiger partial charge in [-0.15, -0.1) is 0 Å². The molecule has 1 heterocycles. The summed E-state index contributed by atoms with van der Waals surface area (Å²) in [6.07, 6.45) is 1.58. The summed E-state index contributed by atoms with van der Waals surface area (Å²) in [6, 6.07) is 3.53. The van der Waals surface area contributed by atoms with Gasteiger partial charge in [0.05, 0.1) is 6.20 Å². The van der Waals surface area contributed by atoms with E-state index in [0.29, 0.717) is 5.69 Å². The molecule has 10 heavy (non-hydrogen) atoms. The van der Waals surface area contributed by atoms with Gasteiger partial charge in [0, 0.05) is 11.3 Å². The Morgan fingerprint density at radius 2 is 2.30 bits per heavy atom. The first-order valence-corrected chi connectivity index (χ1v) is 2.83. The lowest BCUT2D eigenvalue weighted by Crippen LogP contribution is -1.79. The summed E-state index contributed by atoms with van der Waals surface area (Å²) in [4.78, 5) is 0. The second kappa shape index (κ2) is 1.70. The van der Waals surface area contributed by atoms with Crippen molar-refractivity contribution in [2.24, 2.45) is 0 Å². The Hall–Kier alpha value is -1.58. The first kappa shape index (κ1) is 5.22. The van der Waals surface area contributed by atoms with E-state index in [4.69, 9.17) is 5.73 Å². The molecule has 50 valence electrons. The monoisotopic (exact) mass is 135 g/mol. The van der Waals surface area contributed by atoms with Crippen LogP contribution in [-0.4, -0.2) is 10.3 Å². The zero-order valence-electron chi connectivity index (χ0n) is 5.11. The van der Waals surface area contributed by atoms with Crippen molar-refractivity contribution in [3.05, 3.63) is 18.3 Å². The molecule has 0 fully saturated rings. The second-order valence-corrected chi connectivity index (χ2v) is 2.04. The molecular weight excluding hydrogens is 130 g/mol. The average Bonchev–Trinajstić information content (AvgIpc) is 2.27. The molecule has 2 aliphatic rings. The first-order valence-electron chi connectivity index (χ1n) is 2.83. The maximum Gasteiger partial charge on any atom is 0.117 e. The summed E-state index contributed by atoms with van der Waals surface area (Å²) in [7, 11) is 0. The van der Waals surface area contributed by atoms with Crippen LogP contribution in [0.4, 0.5) is 5.69 Å². The van der Waals surface area contributed by atoms with Crippen molar-refractivity contribution in [2.45, 2.75) is 0 Å². The summed E-state index contributed by atoms with van der Waals surface area (Å²) in [6.45, 7) is 0. The Balaban J connectivity index is 2.76. The predicted octanol–water partition coefficient (Wildman–Crippen LogP) is 0.757. The van der Waals surface area contributed by atoms with Gasteiger partial charge in [-0.2, -0.15) is 0 Å². The van der Waals surface area contributed by atoms with E-state index in [2.05, 4.69) is 14.9 Å². The summed E-state index contributed by atoms with van der Waals surface area (Å²) in [5.41, 5.74) is 7.82. The van der Waals surface area contributed by atoms with Crippen molar-refractivity contribution < 1.29 is 4.63 Å². The van der Waals surface area contributed by atoms with Crippen molar-refractivity contribution in [1.29, 1.82) is 0 Å². The van der Waals surface area contributed by atoms with E-state index in [9.17, 15) is 0 Å². The Bertz CT molecular complexity index is 287. The van der Waals surface area contributed by atoms with Crippen LogP contribution < -0.4 is 5.73 Å². The molecule has 1 aliphatic carbocycles. The van der Waals surface area contributed by atoms with E-state index in [-0.39, 0.29) is 0 Å². The highest BCUT2D eigenvalue weighted by molar-refractivity contribution is 5.69. The molecule has 2 rings (SSSR count). The molecule has 0 saturated heterocycles. The van der Waals surface area contributed by atoms with Gasteiger partial charge >= 0.3 is 0 Å². The van der Waals surface area contributed by atoms with Crippen LogP contribution >= 0.6 is 0 Å². The van der Waals surface area contributed by atoms with Gasteiger partial charge in [0.2, 0.25) is 0 Å². The van der Waals surface area contributed by atoms with Crippen LogP contribution in [-0.2, 0) is 0 Å². The van der Waals surface area contributed by atoms with Crippen molar-refractivity contribution in [1.82, 2.24) is 10.3 Å². The largest absolute Gasteiger partial charge is 0.399 e. The first-order chi connectivity index (χ1) is 4.86. The molecule has 0 amide bonds. The molecule has 0 spiro atoms. The summed E-state index contributed by atoms with van der Waals surface area (Å²) in [5.74, 6) is 0. The van der Waals surface area contributed by atoms with Gasteiger partial charge in [0.1, 0.15) is 5.69 Å². The lowest BCUT2D eigenvalue weighted by molar-refractivity contribution is 0.285. The van der Waals surface area contributed by atoms with Gasteiger partial charge in [0.25, 0.3) is 0 Å². The van der Waals surface area contributed by atoms with Gasteiger partial charge in [-0.05, 0) is 12.1 Å². The molecule has 0 saturated carbocycles. The van der Waals surface area contributed by atoms with Gasteiger partial charge in [-0.3, -0.25) is 0 Å². The Morgan fingerprint density at radius 1 is 1.40 bits per heavy atom. The molecule has 0 radical (unpaired) electrons. The van der Waals surface area contributed by atoms with E-state index in [1.807, 2.05) is 0 Å². The quantitative estimate of drug-likeness (QED) is 0.579. The SMILES string of the molecule is Nc1cc2cnonc-2c1. The minimum atomic E-state index is 0.686. The molecule has 0 unspecified atom stereocenters. The Labute approximate surface area is 56.9 Å². The molecule has 0 atom stereocenters. The van der Waals surface area contributed by atoms with Crippen LogP contribution in [0.5, 0.6) is 0 Å². The van der Waals surface area contributed by atoms with E-state index in [1.165, 1.54) is 0 Å². The third kappa shape index (κ3) is 0.621. The fourth-order valence-corrected chi connectivity index (χ4v) is 0.867. The third-order valence-corrected chi connectivity index (χ3v) is 1.30. The molecule has 4 nitrogen and oxygen atoms in total. The average molecular weight is 135 g/mol. The maximum absolute atomic E-state index is 5.48. The van der Waals surface area contributed by atoms with E-state index in [0.717, 1.165) is 11.3 Å². The predicted molar refractivity (Wildman–Crippen MR) is 35.3 cm³/mol. The summed E-state index contributed by atoms with van der Waals surface area (Å²) >= 11 is 0. The Morgan fingerprint density at radius 3 is 3.10 bits per heavy atom. The van der Waals surface area contributed by atoms with E-state index < -0.39 is 0 Å². The van der Waals surface area contributed by atoms with Crippen LogP contribution in [0.3, 0.4) is 0 Å². The van der Waals surface area contributed by atoms with Crippen LogP contribution in [0.25, 0.3) is 11.3 Å². The van der Waals surface area contributed by atoms with Gasteiger partial charge < -0.3 is 5.73 Å². The number of rotatable bonds is 0. The smallest absolute Gasteiger partial charge is 0.117 e. The molecular formula is C6H5N3O. The van der Waals surface area contributed by atoms with Crippen molar-refractivity contribution in [2.75, 3.05) is 5.73 Å². The topological polar surface area (TPSA) is 64.9 Å². The van der Waals surface area contributed by atoms with Crippen LogP contribution in [0.1, 0.15) is 0 Å². The third-order valence-electron chi connectivity index (χ3n) is 1.30. The van der Waals surface area contributed by atoms with Gasteiger partial charge in [0.15, 0.2) is 0 Å². The van der Waals surface area contributed by atoms with Crippen LogP contribution in [0, 0.1) is 0 Å². The zero-order chi connectivity index (χ0) is 6.97. The number of fused-ring (bicyclic) bond motifs is 1. The van der Waals surface area contributed by atoms with Crippen LogP contribution in [0.15, 0.2) is 23.0 Å². The number of hydrogen-bond acceptors (Lipinski definition) is 4. The number of aromatic nitrogens is 2. The molecule has 0 bridgehead atoms. The summed E-state index contributed by atoms with van der Waals surface area (Å²) < 4.78 is 4.45. The van der Waals surface area contributed by atoms with Crippen LogP contribution in [0.2, 0.25) is 0 Å². The molecule has 2 N–H and O–H groups in total. The fourth-order valence-electron chi connectivity index (χ4n) is 0.867. The molecule has 0 aromatic rings. The number of nitrogen functional groups attached to an aromatic ring is 1. The van der Waals surface area contributed by atoms with Crippen molar-refractivity contribution >= 4 is 5.69 Å². The highest BCUT2D eigenvalue weighted by Gasteiger charge is 2.05. The lowest BCUT2D eigenvalue weighted by Gasteiger charge is -1.87. The highest BCUT2D eigenvalue weighted by Crippen LogP contribution is 2.22.